The highest BCUT2D eigenvalue weighted by atomic mass is 35.5. The molecule has 28 heavy (non-hydrogen) atoms. The molecule has 6 nitrogen and oxygen atoms in total. The molecule has 0 aliphatic carbocycles. The molecule has 3 atom stereocenters. The van der Waals surface area contributed by atoms with Crippen LogP contribution in [0, 0.1) is 10.8 Å². The van der Waals surface area contributed by atoms with Gasteiger partial charge in [-0.25, -0.2) is 13.9 Å². The van der Waals surface area contributed by atoms with E-state index in [1.807, 2.05) is 36.7 Å². The van der Waals surface area contributed by atoms with Gasteiger partial charge in [-0.05, 0) is 12.1 Å². The zero-order chi connectivity index (χ0) is 20.4. The fourth-order valence-electron chi connectivity index (χ4n) is 4.27. The number of carbonyl (C=O) groups is 1. The maximum Gasteiger partial charge on any atom is 0.395 e. The Morgan fingerprint density at radius 2 is 1.64 bits per heavy atom. The van der Waals surface area contributed by atoms with Crippen LogP contribution in [0.2, 0.25) is 0 Å². The highest BCUT2D eigenvalue weighted by Crippen LogP contribution is 2.58. The number of hydrogen-bond donors (Lipinski definition) is 1. The van der Waals surface area contributed by atoms with Crippen molar-refractivity contribution in [2.75, 3.05) is 51.0 Å². The van der Waals surface area contributed by atoms with Gasteiger partial charge in [-0.2, -0.15) is 0 Å². The van der Waals surface area contributed by atoms with Crippen molar-refractivity contribution in [3.05, 3.63) is 30.3 Å². The number of halogens is 2. The van der Waals surface area contributed by atoms with Crippen LogP contribution in [0.15, 0.2) is 30.3 Å². The Bertz CT molecular complexity index is 725. The van der Waals surface area contributed by atoms with Crippen molar-refractivity contribution in [2.24, 2.45) is 10.8 Å². The molecule has 0 saturated carbocycles. The summed E-state index contributed by atoms with van der Waals surface area (Å²) in [6.45, 7) is 6.49. The van der Waals surface area contributed by atoms with Gasteiger partial charge in [-0.3, -0.25) is 4.79 Å². The van der Waals surface area contributed by atoms with Crippen LogP contribution in [0.25, 0.3) is 0 Å². The van der Waals surface area contributed by atoms with Gasteiger partial charge in [0.2, 0.25) is 0 Å². The third-order valence-corrected chi connectivity index (χ3v) is 8.46. The number of Topliss-reactive ketones (excluding diaryl/α,β-unsaturated/α-hetero) is 1. The first-order chi connectivity index (χ1) is 13.3. The first-order valence-electron chi connectivity index (χ1n) is 9.50. The highest BCUT2D eigenvalue weighted by Gasteiger charge is 2.58. The normalized spacial score (nSPS) is 30.2. The Kier molecular flexibility index (Phi) is 6.80. The highest BCUT2D eigenvalue weighted by molar-refractivity contribution is 7.54. The average Bonchev–Trinajstić information content (AvgIpc) is 2.65. The molecule has 1 aromatic rings. The predicted molar refractivity (Wildman–Crippen MR) is 113 cm³/mol. The van der Waals surface area contributed by atoms with Crippen molar-refractivity contribution < 1.29 is 13.9 Å². The first kappa shape index (κ1) is 22.1. The molecule has 2 fully saturated rings. The maximum atomic E-state index is 14.4. The molecule has 9 heteroatoms. The van der Waals surface area contributed by atoms with E-state index >= 15 is 0 Å². The smallest absolute Gasteiger partial charge is 0.395 e. The molecule has 2 heterocycles. The number of rotatable bonds is 8. The molecule has 2 aliphatic heterocycles. The Morgan fingerprint density at radius 1 is 1.11 bits per heavy atom. The quantitative estimate of drug-likeness (QED) is 0.486. The molecule has 1 aromatic carbocycles. The van der Waals surface area contributed by atoms with Gasteiger partial charge in [-0.15, -0.1) is 23.2 Å². The van der Waals surface area contributed by atoms with Gasteiger partial charge in [0.15, 0.2) is 0 Å². The van der Waals surface area contributed by atoms with Crippen LogP contribution in [0.5, 0.6) is 5.75 Å². The average molecular weight is 448 g/mol. The number of piperidine rings is 2. The number of alkyl halides is 2. The molecule has 2 bridgehead atoms. The summed E-state index contributed by atoms with van der Waals surface area (Å²) in [5.41, 5.74) is -1.23. The number of benzene rings is 1. The van der Waals surface area contributed by atoms with E-state index in [-0.39, 0.29) is 5.78 Å². The van der Waals surface area contributed by atoms with E-state index in [0.29, 0.717) is 56.8 Å². The molecule has 2 aliphatic rings. The van der Waals surface area contributed by atoms with Crippen LogP contribution in [0.4, 0.5) is 0 Å². The van der Waals surface area contributed by atoms with Crippen LogP contribution in [0.3, 0.4) is 0 Å². The summed E-state index contributed by atoms with van der Waals surface area (Å²) in [6, 6.07) is 9.13. The van der Waals surface area contributed by atoms with Crippen LogP contribution in [-0.2, 0) is 9.36 Å². The summed E-state index contributed by atoms with van der Waals surface area (Å²) in [6.07, 6.45) is 0. The molecular weight excluding hydrogens is 420 g/mol. The third-order valence-electron chi connectivity index (χ3n) is 5.56. The summed E-state index contributed by atoms with van der Waals surface area (Å²) in [7, 11) is -3.51. The number of carbonyl (C=O) groups excluding carboxylic acids is 1. The van der Waals surface area contributed by atoms with Crippen LogP contribution in [-0.4, -0.2) is 66.2 Å². The second-order valence-corrected chi connectivity index (χ2v) is 11.2. The second kappa shape index (κ2) is 8.63. The molecule has 0 amide bonds. The lowest BCUT2D eigenvalue weighted by Gasteiger charge is -2.53. The standard InChI is InChI=1S/C19H28Cl2N3O3P/c1-18-12-22-13-19(2,17(18)25)15-24(14-18)28(26,23(10-8-20)11-9-21)27-16-6-4-3-5-7-16/h3-7,22H,8-15H2,1-2H3/t18-,19-,28?/m1/s1. The van der Waals surface area contributed by atoms with Gasteiger partial charge < -0.3 is 9.84 Å². The van der Waals surface area contributed by atoms with Gasteiger partial charge in [0, 0.05) is 51.0 Å². The minimum Gasteiger partial charge on any atom is -0.422 e. The molecule has 3 rings (SSSR count). The van der Waals surface area contributed by atoms with E-state index in [1.165, 1.54) is 0 Å². The van der Waals surface area contributed by atoms with Crippen molar-refractivity contribution in [3.63, 3.8) is 0 Å². The number of hydrogen-bond acceptors (Lipinski definition) is 4. The summed E-state index contributed by atoms with van der Waals surface area (Å²) in [5.74, 6) is 1.36. The van der Waals surface area contributed by atoms with Crippen molar-refractivity contribution in [1.82, 2.24) is 14.7 Å². The number of nitrogens with one attached hydrogen (secondary N) is 1. The summed E-state index contributed by atoms with van der Waals surface area (Å²) >= 11 is 12.0. The summed E-state index contributed by atoms with van der Waals surface area (Å²) in [5, 5.41) is 3.37. The van der Waals surface area contributed by atoms with Gasteiger partial charge in [0.05, 0.1) is 10.8 Å². The van der Waals surface area contributed by atoms with Crippen LogP contribution in [0.1, 0.15) is 13.8 Å². The monoisotopic (exact) mass is 447 g/mol. The topological polar surface area (TPSA) is 61.9 Å². The lowest BCUT2D eigenvalue weighted by Crippen LogP contribution is -2.67. The van der Waals surface area contributed by atoms with Gasteiger partial charge in [0.1, 0.15) is 11.5 Å². The number of fused-ring (bicyclic) bond motifs is 2. The van der Waals surface area contributed by atoms with E-state index in [4.69, 9.17) is 27.7 Å². The van der Waals surface area contributed by atoms with E-state index < -0.39 is 18.5 Å². The lowest BCUT2D eigenvalue weighted by atomic mass is 9.66. The Balaban J connectivity index is 2.01. The minimum absolute atomic E-state index is 0.225. The van der Waals surface area contributed by atoms with Crippen molar-refractivity contribution in [3.8, 4) is 5.75 Å². The zero-order valence-electron chi connectivity index (χ0n) is 16.4. The lowest BCUT2D eigenvalue weighted by molar-refractivity contribution is -0.146. The van der Waals surface area contributed by atoms with E-state index in [2.05, 4.69) is 5.32 Å². The first-order valence-corrected chi connectivity index (χ1v) is 12.1. The Labute approximate surface area is 177 Å². The van der Waals surface area contributed by atoms with Crippen molar-refractivity contribution in [2.45, 2.75) is 13.8 Å². The van der Waals surface area contributed by atoms with E-state index in [0.717, 1.165) is 0 Å². The zero-order valence-corrected chi connectivity index (χ0v) is 18.8. The largest absolute Gasteiger partial charge is 0.422 e. The fourth-order valence-corrected chi connectivity index (χ4v) is 7.59. The third kappa shape index (κ3) is 4.14. The molecule has 0 radical (unpaired) electrons. The van der Waals surface area contributed by atoms with E-state index in [1.54, 1.807) is 16.8 Å². The fraction of sp³-hybridized carbons (Fsp3) is 0.632. The summed E-state index contributed by atoms with van der Waals surface area (Å²) in [4.78, 5) is 13.1. The van der Waals surface area contributed by atoms with Crippen molar-refractivity contribution in [1.29, 1.82) is 0 Å². The van der Waals surface area contributed by atoms with Crippen molar-refractivity contribution >= 4 is 36.7 Å². The molecule has 1 unspecified atom stereocenters. The second-order valence-electron chi connectivity index (χ2n) is 8.10. The molecule has 0 spiro atoms. The number of nitrogens with zero attached hydrogens (tertiary/aromatic N) is 2. The SMILES string of the molecule is C[C@@]12CNC[C@](C)(CN(P(=O)(Oc3ccccc3)N(CCCl)CCCl)C1)C2=O. The molecule has 1 N–H and O–H groups in total. The van der Waals surface area contributed by atoms with Crippen LogP contribution >= 0.6 is 30.9 Å². The summed E-state index contributed by atoms with van der Waals surface area (Å²) < 4.78 is 24.2. The molecular formula is C19H28Cl2N3O3P. The maximum absolute atomic E-state index is 14.4. The Morgan fingerprint density at radius 3 is 2.14 bits per heavy atom. The molecule has 2 saturated heterocycles. The molecule has 156 valence electrons. The molecule has 0 aromatic heterocycles. The van der Waals surface area contributed by atoms with Gasteiger partial charge in [0.25, 0.3) is 0 Å². The Hall–Kier alpha value is -0.620. The van der Waals surface area contributed by atoms with Gasteiger partial charge in [-0.1, -0.05) is 32.0 Å². The van der Waals surface area contributed by atoms with E-state index in [9.17, 15) is 9.36 Å². The number of ketones is 1. The minimum atomic E-state index is -3.51. The number of para-hydroxylation sites is 1. The predicted octanol–water partition coefficient (Wildman–Crippen LogP) is 3.45. The van der Waals surface area contributed by atoms with Crippen LogP contribution < -0.4 is 9.84 Å². The van der Waals surface area contributed by atoms with Gasteiger partial charge >= 0.3 is 7.67 Å².